The van der Waals surface area contributed by atoms with E-state index in [4.69, 9.17) is 4.74 Å². The van der Waals surface area contributed by atoms with E-state index in [1.807, 2.05) is 0 Å². The maximum absolute atomic E-state index is 12.5. The Morgan fingerprint density at radius 2 is 1.72 bits per heavy atom. The summed E-state index contributed by atoms with van der Waals surface area (Å²) in [5.74, 6) is -0.222. The Balaban J connectivity index is 1.68. The van der Waals surface area contributed by atoms with E-state index >= 15 is 0 Å². The number of amides is 2. The molecule has 9 heteroatoms. The summed E-state index contributed by atoms with van der Waals surface area (Å²) < 4.78 is 30.6. The number of carbonyl (C=O) groups excluding carboxylic acids is 2. The topological polar surface area (TPSA) is 96.0 Å². The molecular formula is C20H23N3O5S. The van der Waals surface area contributed by atoms with Crippen molar-refractivity contribution in [2.24, 2.45) is 5.92 Å². The molecule has 0 bridgehead atoms. The molecule has 0 saturated carbocycles. The first-order valence-electron chi connectivity index (χ1n) is 9.00. The maximum Gasteiger partial charge on any atom is 0.242 e. The highest BCUT2D eigenvalue weighted by Gasteiger charge is 2.35. The largest absolute Gasteiger partial charge is 0.497 e. The van der Waals surface area contributed by atoms with Crippen molar-refractivity contribution in [1.82, 2.24) is 4.31 Å². The molecule has 1 aliphatic heterocycles. The molecule has 0 unspecified atom stereocenters. The molecule has 0 aromatic heterocycles. The van der Waals surface area contributed by atoms with Crippen molar-refractivity contribution in [2.75, 3.05) is 38.0 Å². The van der Waals surface area contributed by atoms with Gasteiger partial charge in [-0.15, -0.1) is 0 Å². The number of nitrogens with one attached hydrogen (secondary N) is 1. The molecule has 1 heterocycles. The quantitative estimate of drug-likeness (QED) is 0.775. The second-order valence-corrected chi connectivity index (χ2v) is 9.06. The van der Waals surface area contributed by atoms with Crippen LogP contribution in [-0.4, -0.2) is 52.3 Å². The number of anilines is 2. The number of methoxy groups -OCH3 is 1. The van der Waals surface area contributed by atoms with Gasteiger partial charge in [0, 0.05) is 38.4 Å². The maximum atomic E-state index is 12.5. The first-order chi connectivity index (χ1) is 13.7. The fraction of sp³-hybridized carbons (Fsp3) is 0.300. The van der Waals surface area contributed by atoms with Crippen LogP contribution in [0.1, 0.15) is 6.42 Å². The molecule has 8 nitrogen and oxygen atoms in total. The summed E-state index contributed by atoms with van der Waals surface area (Å²) in [7, 11) is 0.942. The van der Waals surface area contributed by atoms with E-state index in [1.165, 1.54) is 31.1 Å². The van der Waals surface area contributed by atoms with Gasteiger partial charge in [-0.2, -0.15) is 0 Å². The average Bonchev–Trinajstić information content (AvgIpc) is 3.10. The molecule has 1 N–H and O–H groups in total. The van der Waals surface area contributed by atoms with Crippen LogP contribution in [-0.2, 0) is 19.6 Å². The third-order valence-corrected chi connectivity index (χ3v) is 6.61. The normalized spacial score (nSPS) is 16.9. The molecule has 1 saturated heterocycles. The van der Waals surface area contributed by atoms with Crippen molar-refractivity contribution in [3.8, 4) is 5.75 Å². The smallest absolute Gasteiger partial charge is 0.242 e. The van der Waals surface area contributed by atoms with E-state index in [0.29, 0.717) is 17.1 Å². The molecule has 2 aromatic carbocycles. The molecule has 0 radical (unpaired) electrons. The van der Waals surface area contributed by atoms with Crippen molar-refractivity contribution in [2.45, 2.75) is 11.3 Å². The Bertz CT molecular complexity index is 1000. The number of rotatable bonds is 6. The van der Waals surface area contributed by atoms with Gasteiger partial charge in [-0.05, 0) is 48.5 Å². The van der Waals surface area contributed by atoms with Gasteiger partial charge in [0.15, 0.2) is 0 Å². The molecular weight excluding hydrogens is 394 g/mol. The summed E-state index contributed by atoms with van der Waals surface area (Å²) in [4.78, 5) is 26.6. The number of hydrogen-bond acceptors (Lipinski definition) is 5. The lowest BCUT2D eigenvalue weighted by atomic mass is 10.1. The van der Waals surface area contributed by atoms with E-state index in [-0.39, 0.29) is 29.7 Å². The Kier molecular flexibility index (Phi) is 5.90. The van der Waals surface area contributed by atoms with Crippen LogP contribution >= 0.6 is 0 Å². The van der Waals surface area contributed by atoms with Gasteiger partial charge in [-0.1, -0.05) is 0 Å². The summed E-state index contributed by atoms with van der Waals surface area (Å²) in [6.45, 7) is 0.237. The second kappa shape index (κ2) is 8.22. The van der Waals surface area contributed by atoms with E-state index in [9.17, 15) is 18.0 Å². The molecule has 29 heavy (non-hydrogen) atoms. The van der Waals surface area contributed by atoms with Crippen molar-refractivity contribution < 1.29 is 22.7 Å². The molecule has 0 aliphatic carbocycles. The van der Waals surface area contributed by atoms with Gasteiger partial charge in [-0.25, -0.2) is 12.7 Å². The van der Waals surface area contributed by atoms with Gasteiger partial charge < -0.3 is 15.0 Å². The van der Waals surface area contributed by atoms with Crippen molar-refractivity contribution in [3.05, 3.63) is 48.5 Å². The molecule has 1 aliphatic rings. The van der Waals surface area contributed by atoms with Gasteiger partial charge in [0.1, 0.15) is 5.75 Å². The highest BCUT2D eigenvalue weighted by Crippen LogP contribution is 2.27. The summed E-state index contributed by atoms with van der Waals surface area (Å²) in [5, 5.41) is 2.81. The van der Waals surface area contributed by atoms with Crippen LogP contribution in [0.2, 0.25) is 0 Å². The first kappa shape index (κ1) is 20.8. The van der Waals surface area contributed by atoms with Crippen molar-refractivity contribution in [1.29, 1.82) is 0 Å². The summed E-state index contributed by atoms with van der Waals surface area (Å²) in [6, 6.07) is 13.0. The zero-order valence-corrected chi connectivity index (χ0v) is 17.3. The molecule has 1 atom stereocenters. The summed E-state index contributed by atoms with van der Waals surface area (Å²) in [6.07, 6.45) is 0.0970. The van der Waals surface area contributed by atoms with Crippen LogP contribution in [0.15, 0.2) is 53.4 Å². The Hall–Kier alpha value is -2.91. The molecule has 3 rings (SSSR count). The van der Waals surface area contributed by atoms with E-state index < -0.39 is 15.9 Å². The lowest BCUT2D eigenvalue weighted by Gasteiger charge is -2.18. The van der Waals surface area contributed by atoms with Crippen LogP contribution < -0.4 is 15.0 Å². The van der Waals surface area contributed by atoms with Crippen LogP contribution in [0.3, 0.4) is 0 Å². The Morgan fingerprint density at radius 1 is 1.10 bits per heavy atom. The van der Waals surface area contributed by atoms with Crippen LogP contribution in [0.25, 0.3) is 0 Å². The number of benzene rings is 2. The van der Waals surface area contributed by atoms with Crippen LogP contribution in [0, 0.1) is 5.92 Å². The second-order valence-electron chi connectivity index (χ2n) is 6.90. The zero-order chi connectivity index (χ0) is 21.2. The number of hydrogen-bond donors (Lipinski definition) is 1. The minimum absolute atomic E-state index is 0.0970. The number of sulfonamides is 1. The summed E-state index contributed by atoms with van der Waals surface area (Å²) >= 11 is 0. The summed E-state index contributed by atoms with van der Waals surface area (Å²) in [5.41, 5.74) is 1.19. The SMILES string of the molecule is COc1ccc(NC(=O)[C@@H]2CC(=O)N(c3ccc(S(=O)(=O)N(C)C)cc3)C2)cc1. The molecule has 2 amide bonds. The standard InChI is InChI=1S/C20H23N3O5S/c1-22(2)29(26,27)18-10-6-16(7-11-18)23-13-14(12-19(23)24)20(25)21-15-4-8-17(28-3)9-5-15/h4-11,14H,12-13H2,1-3H3,(H,21,25)/t14-/m1/s1. The number of nitrogens with zero attached hydrogens (tertiary/aromatic N) is 2. The Morgan fingerprint density at radius 3 is 2.28 bits per heavy atom. The number of ether oxygens (including phenoxy) is 1. The molecule has 1 fully saturated rings. The van der Waals surface area contributed by atoms with Gasteiger partial charge >= 0.3 is 0 Å². The monoisotopic (exact) mass is 417 g/mol. The highest BCUT2D eigenvalue weighted by molar-refractivity contribution is 7.89. The fourth-order valence-corrected chi connectivity index (χ4v) is 3.96. The first-order valence-corrected chi connectivity index (χ1v) is 10.4. The molecule has 154 valence electrons. The average molecular weight is 417 g/mol. The predicted octanol–water partition coefficient (Wildman–Crippen LogP) is 1.94. The zero-order valence-electron chi connectivity index (χ0n) is 16.5. The van der Waals surface area contributed by atoms with E-state index in [0.717, 1.165) is 4.31 Å². The lowest BCUT2D eigenvalue weighted by molar-refractivity contribution is -0.122. The van der Waals surface area contributed by atoms with Crippen LogP contribution in [0.4, 0.5) is 11.4 Å². The highest BCUT2D eigenvalue weighted by atomic mass is 32.2. The minimum atomic E-state index is -3.54. The minimum Gasteiger partial charge on any atom is -0.497 e. The van der Waals surface area contributed by atoms with Crippen LogP contribution in [0.5, 0.6) is 5.75 Å². The number of carbonyl (C=O) groups is 2. The molecule has 2 aromatic rings. The molecule has 0 spiro atoms. The fourth-order valence-electron chi connectivity index (χ4n) is 3.06. The third kappa shape index (κ3) is 4.41. The van der Waals surface area contributed by atoms with Gasteiger partial charge in [-0.3, -0.25) is 9.59 Å². The van der Waals surface area contributed by atoms with Crippen molar-refractivity contribution >= 4 is 33.2 Å². The predicted molar refractivity (Wildman–Crippen MR) is 109 cm³/mol. The third-order valence-electron chi connectivity index (χ3n) is 4.78. The van der Waals surface area contributed by atoms with Gasteiger partial charge in [0.05, 0.1) is 17.9 Å². The van der Waals surface area contributed by atoms with Crippen molar-refractivity contribution in [3.63, 3.8) is 0 Å². The Labute approximate surface area is 170 Å². The van der Waals surface area contributed by atoms with E-state index in [2.05, 4.69) is 5.32 Å². The van der Waals surface area contributed by atoms with E-state index in [1.54, 1.807) is 43.5 Å². The van der Waals surface area contributed by atoms with Gasteiger partial charge in [0.25, 0.3) is 0 Å². The lowest BCUT2D eigenvalue weighted by Crippen LogP contribution is -2.28. The van der Waals surface area contributed by atoms with Gasteiger partial charge in [0.2, 0.25) is 21.8 Å².